The molecule has 0 amide bonds. The van der Waals surface area contributed by atoms with Gasteiger partial charge in [0.1, 0.15) is 0 Å². The monoisotopic (exact) mass is 296 g/mol. The Morgan fingerprint density at radius 1 is 0.933 bits per heavy atom. The first-order valence-corrected chi connectivity index (χ1v) is 10.2. The van der Waals surface area contributed by atoms with Crippen LogP contribution < -0.4 is 0 Å². The minimum absolute atomic E-state index is 0.167. The van der Waals surface area contributed by atoms with E-state index in [-0.39, 0.29) is 12.2 Å². The van der Waals surface area contributed by atoms with Crippen LogP contribution in [-0.4, -0.2) is 39.6 Å². The third kappa shape index (κ3) is 8.89. The molecule has 4 nitrogen and oxygen atoms in total. The van der Waals surface area contributed by atoms with E-state index >= 15 is 0 Å². The van der Waals surface area contributed by atoms with E-state index in [1.54, 1.807) is 14.2 Å². The maximum atomic E-state index is 5.99. The Morgan fingerprint density at radius 2 is 1.27 bits per heavy atom. The average molecular weight is 297 g/mol. The minimum atomic E-state index is -3.63. The van der Waals surface area contributed by atoms with Crippen molar-refractivity contribution < 1.29 is 31.4 Å². The van der Waals surface area contributed by atoms with Crippen LogP contribution in [0.15, 0.2) is 0 Å². The van der Waals surface area contributed by atoms with Crippen LogP contribution in [-0.2, 0) is 31.4 Å². The number of ether oxygens (including phenoxy) is 2. The number of halogens is 2. The van der Waals surface area contributed by atoms with Gasteiger partial charge in [-0.1, -0.05) is 0 Å². The molecule has 7 heteroatoms. The maximum absolute atomic E-state index is 5.99. The van der Waals surface area contributed by atoms with E-state index in [0.29, 0.717) is 13.2 Å². The van der Waals surface area contributed by atoms with Gasteiger partial charge in [0.2, 0.25) is 0 Å². The van der Waals surface area contributed by atoms with Gasteiger partial charge in [0.25, 0.3) is 0 Å². The fraction of sp³-hybridized carbons (Fsp3) is 1.00. The third-order valence-corrected chi connectivity index (χ3v) is 5.06. The molecule has 0 aliphatic carbocycles. The fourth-order valence-corrected chi connectivity index (χ4v) is 5.30. The first-order chi connectivity index (χ1) is 6.91. The predicted molar refractivity (Wildman–Crippen MR) is 56.6 cm³/mol. The third-order valence-electron chi connectivity index (χ3n) is 1.48. The Labute approximate surface area is 103 Å². The van der Waals surface area contributed by atoms with E-state index in [1.807, 2.05) is 13.8 Å². The SMILES string of the molecule is COCC(C)[O][Ti]([Cl])([Cl])[O]C(C)COC. The summed E-state index contributed by atoms with van der Waals surface area (Å²) in [6.45, 7) is 4.54. The molecule has 0 spiro atoms. The Bertz CT molecular complexity index is 155. The Morgan fingerprint density at radius 3 is 1.53 bits per heavy atom. The van der Waals surface area contributed by atoms with Gasteiger partial charge >= 0.3 is 103 Å². The predicted octanol–water partition coefficient (Wildman–Crippen LogP) is 2.38. The number of hydrogen-bond donors (Lipinski definition) is 0. The van der Waals surface area contributed by atoms with E-state index in [2.05, 4.69) is 0 Å². The van der Waals surface area contributed by atoms with Gasteiger partial charge in [0.15, 0.2) is 0 Å². The van der Waals surface area contributed by atoms with Gasteiger partial charge in [-0.25, -0.2) is 0 Å². The van der Waals surface area contributed by atoms with Crippen molar-refractivity contribution in [2.75, 3.05) is 27.4 Å². The van der Waals surface area contributed by atoms with Crippen LogP contribution in [0.4, 0.5) is 0 Å². The standard InChI is InChI=1S/2C4H9O2.2ClH.Ti/c2*1-4(5)3-6-2;;;/h2*4H,3H2,1-2H3;2*1H;/q2*-1;;;+4/p-2. The van der Waals surface area contributed by atoms with Gasteiger partial charge in [-0.2, -0.15) is 0 Å². The summed E-state index contributed by atoms with van der Waals surface area (Å²) in [5, 5.41) is 0. The van der Waals surface area contributed by atoms with E-state index in [4.69, 9.17) is 34.7 Å². The van der Waals surface area contributed by atoms with Crippen molar-refractivity contribution in [3.8, 4) is 0 Å². The zero-order valence-corrected chi connectivity index (χ0v) is 12.5. The molecule has 0 rings (SSSR count). The van der Waals surface area contributed by atoms with Crippen LogP contribution in [0.5, 0.6) is 0 Å². The van der Waals surface area contributed by atoms with E-state index in [0.717, 1.165) is 0 Å². The molecule has 15 heavy (non-hydrogen) atoms. The van der Waals surface area contributed by atoms with Crippen LogP contribution in [0.25, 0.3) is 0 Å². The molecule has 0 bridgehead atoms. The van der Waals surface area contributed by atoms with E-state index < -0.39 is 15.2 Å². The molecular formula is C8H18Cl2O4Ti. The second-order valence-electron chi connectivity index (χ2n) is 3.23. The van der Waals surface area contributed by atoms with Crippen molar-refractivity contribution in [1.82, 2.24) is 0 Å². The summed E-state index contributed by atoms with van der Waals surface area (Å²) >= 11 is -3.63. The molecule has 0 aliphatic heterocycles. The zero-order valence-electron chi connectivity index (χ0n) is 9.46. The average Bonchev–Trinajstić information content (AvgIpc) is 2.01. The van der Waals surface area contributed by atoms with Gasteiger partial charge in [0.05, 0.1) is 0 Å². The summed E-state index contributed by atoms with van der Waals surface area (Å²) in [7, 11) is 15.2. The zero-order chi connectivity index (χ0) is 11.9. The first kappa shape index (κ1) is 16.1. The summed E-state index contributed by atoms with van der Waals surface area (Å²) in [5.74, 6) is 0. The van der Waals surface area contributed by atoms with Gasteiger partial charge in [0, 0.05) is 0 Å². The van der Waals surface area contributed by atoms with Crippen LogP contribution in [0.2, 0.25) is 0 Å². The Balaban J connectivity index is 3.94. The molecule has 2 unspecified atom stereocenters. The molecule has 0 saturated carbocycles. The molecule has 0 radical (unpaired) electrons. The van der Waals surface area contributed by atoms with E-state index in [1.165, 1.54) is 0 Å². The van der Waals surface area contributed by atoms with E-state index in [9.17, 15) is 0 Å². The van der Waals surface area contributed by atoms with Crippen LogP contribution in [0, 0.1) is 0 Å². The van der Waals surface area contributed by atoms with Crippen molar-refractivity contribution >= 4 is 18.6 Å². The van der Waals surface area contributed by atoms with Crippen molar-refractivity contribution in [3.63, 3.8) is 0 Å². The van der Waals surface area contributed by atoms with Crippen LogP contribution >= 0.6 is 18.6 Å². The molecule has 0 aromatic rings. The Hall–Kier alpha value is 1.13. The molecule has 2 atom stereocenters. The van der Waals surface area contributed by atoms with Crippen LogP contribution in [0.1, 0.15) is 13.8 Å². The summed E-state index contributed by atoms with van der Waals surface area (Å²) in [6.07, 6.45) is -0.334. The summed E-state index contributed by atoms with van der Waals surface area (Å²) < 4.78 is 20.6. The fourth-order valence-electron chi connectivity index (χ4n) is 1.03. The van der Waals surface area contributed by atoms with Gasteiger partial charge in [-0.3, -0.25) is 0 Å². The topological polar surface area (TPSA) is 36.9 Å². The summed E-state index contributed by atoms with van der Waals surface area (Å²) in [4.78, 5) is 0. The molecule has 0 aromatic carbocycles. The normalized spacial score (nSPS) is 16.4. The number of hydrogen-bond acceptors (Lipinski definition) is 4. The van der Waals surface area contributed by atoms with Crippen molar-refractivity contribution in [2.24, 2.45) is 0 Å². The molecular weight excluding hydrogens is 279 g/mol. The van der Waals surface area contributed by atoms with Gasteiger partial charge in [-0.05, 0) is 0 Å². The first-order valence-electron chi connectivity index (χ1n) is 4.62. The second-order valence-corrected chi connectivity index (χ2v) is 10.3. The second kappa shape index (κ2) is 8.26. The molecule has 0 fully saturated rings. The van der Waals surface area contributed by atoms with Gasteiger partial charge < -0.3 is 0 Å². The molecule has 0 heterocycles. The summed E-state index contributed by atoms with van der Waals surface area (Å²) in [6, 6.07) is 0. The molecule has 0 saturated heterocycles. The van der Waals surface area contributed by atoms with Crippen molar-refractivity contribution in [2.45, 2.75) is 26.1 Å². The molecule has 0 aromatic heterocycles. The van der Waals surface area contributed by atoms with Gasteiger partial charge in [-0.15, -0.1) is 0 Å². The number of methoxy groups -OCH3 is 2. The van der Waals surface area contributed by atoms with Crippen LogP contribution in [0.3, 0.4) is 0 Å². The molecule has 0 aliphatic rings. The number of rotatable bonds is 8. The Kier molecular flexibility index (Phi) is 8.88. The molecule has 0 N–H and O–H groups in total. The van der Waals surface area contributed by atoms with Crippen molar-refractivity contribution in [3.05, 3.63) is 0 Å². The van der Waals surface area contributed by atoms with Crippen molar-refractivity contribution in [1.29, 1.82) is 0 Å². The summed E-state index contributed by atoms with van der Waals surface area (Å²) in [5.41, 5.74) is 0. The molecule has 92 valence electrons. The quantitative estimate of drug-likeness (QED) is 0.645.